The van der Waals surface area contributed by atoms with E-state index in [1.807, 2.05) is 0 Å². The highest BCUT2D eigenvalue weighted by Crippen LogP contribution is 2.26. The van der Waals surface area contributed by atoms with Gasteiger partial charge in [0.25, 0.3) is 0 Å². The third-order valence-electron chi connectivity index (χ3n) is 6.06. The summed E-state index contributed by atoms with van der Waals surface area (Å²) in [6.45, 7) is 5.10. The van der Waals surface area contributed by atoms with Crippen LogP contribution in [0.1, 0.15) is 50.5 Å². The van der Waals surface area contributed by atoms with Crippen LogP contribution >= 0.6 is 12.2 Å². The summed E-state index contributed by atoms with van der Waals surface area (Å²) in [4.78, 5) is 14.4. The molecule has 0 amide bonds. The van der Waals surface area contributed by atoms with Gasteiger partial charge in [0, 0.05) is 38.8 Å². The van der Waals surface area contributed by atoms with Crippen LogP contribution in [0.5, 0.6) is 0 Å². The maximum Gasteiger partial charge on any atom is 0.232 e. The molecular weight excluding hydrogens is 404 g/mol. The zero-order chi connectivity index (χ0) is 21.3. The topological polar surface area (TPSA) is 56.3 Å². The number of thiocarbonyl (C=S) groups is 1. The van der Waals surface area contributed by atoms with Crippen molar-refractivity contribution in [1.82, 2.24) is 15.3 Å². The lowest BCUT2D eigenvalue weighted by Gasteiger charge is -2.25. The first kappa shape index (κ1) is 21.8. The predicted molar refractivity (Wildman–Crippen MR) is 133 cm³/mol. The van der Waals surface area contributed by atoms with Gasteiger partial charge in [-0.2, -0.15) is 9.97 Å². The van der Waals surface area contributed by atoms with Gasteiger partial charge in [-0.1, -0.05) is 43.2 Å². The number of anilines is 3. The van der Waals surface area contributed by atoms with Gasteiger partial charge in [-0.15, -0.1) is 0 Å². The van der Waals surface area contributed by atoms with Crippen molar-refractivity contribution < 1.29 is 0 Å². The van der Waals surface area contributed by atoms with Gasteiger partial charge in [-0.3, -0.25) is 0 Å². The SMILES string of the molecule is S=C(NCCCc1ccccc1)Nc1nc(N2CCCCCC2)cc(N2CCCC2)n1. The van der Waals surface area contributed by atoms with Gasteiger partial charge in [-0.25, -0.2) is 0 Å². The molecule has 7 heteroatoms. The first-order chi connectivity index (χ1) is 15.3. The number of benzene rings is 1. The van der Waals surface area contributed by atoms with Crippen molar-refractivity contribution in [3.05, 3.63) is 42.0 Å². The third kappa shape index (κ3) is 6.53. The highest BCUT2D eigenvalue weighted by atomic mass is 32.1. The average Bonchev–Trinajstić information content (AvgIpc) is 3.20. The van der Waals surface area contributed by atoms with Gasteiger partial charge >= 0.3 is 0 Å². The van der Waals surface area contributed by atoms with Crippen LogP contribution in [0.4, 0.5) is 17.6 Å². The zero-order valence-corrected chi connectivity index (χ0v) is 19.2. The number of hydrogen-bond acceptors (Lipinski definition) is 5. The van der Waals surface area contributed by atoms with Crippen LogP contribution in [0.2, 0.25) is 0 Å². The highest BCUT2D eigenvalue weighted by Gasteiger charge is 2.19. The summed E-state index contributed by atoms with van der Waals surface area (Å²) in [5.41, 5.74) is 1.35. The second-order valence-electron chi connectivity index (χ2n) is 8.47. The fraction of sp³-hybridized carbons (Fsp3) is 0.542. The van der Waals surface area contributed by atoms with Crippen molar-refractivity contribution in [3.63, 3.8) is 0 Å². The molecule has 1 aromatic heterocycles. The van der Waals surface area contributed by atoms with Crippen molar-refractivity contribution in [2.45, 2.75) is 51.4 Å². The van der Waals surface area contributed by atoms with E-state index in [9.17, 15) is 0 Å². The average molecular weight is 439 g/mol. The minimum absolute atomic E-state index is 0.591. The lowest BCUT2D eigenvalue weighted by molar-refractivity contribution is 0.726. The maximum absolute atomic E-state index is 5.54. The van der Waals surface area contributed by atoms with Crippen molar-refractivity contribution >= 4 is 34.9 Å². The Kier molecular flexibility index (Phi) is 7.93. The first-order valence-electron chi connectivity index (χ1n) is 11.8. The summed E-state index contributed by atoms with van der Waals surface area (Å²) in [6.07, 6.45) is 9.60. The van der Waals surface area contributed by atoms with Gasteiger partial charge in [-0.05, 0) is 56.3 Å². The minimum atomic E-state index is 0.591. The molecule has 31 heavy (non-hydrogen) atoms. The van der Waals surface area contributed by atoms with Crippen LogP contribution < -0.4 is 20.4 Å². The summed E-state index contributed by atoms with van der Waals surface area (Å²) in [5.74, 6) is 2.64. The number of nitrogens with zero attached hydrogens (tertiary/aromatic N) is 4. The summed E-state index contributed by atoms with van der Waals surface area (Å²) in [5, 5.41) is 7.15. The van der Waals surface area contributed by atoms with E-state index in [0.29, 0.717) is 11.1 Å². The van der Waals surface area contributed by atoms with Crippen LogP contribution in [0.25, 0.3) is 0 Å². The second-order valence-corrected chi connectivity index (χ2v) is 8.88. The molecule has 0 saturated carbocycles. The molecule has 3 heterocycles. The largest absolute Gasteiger partial charge is 0.362 e. The maximum atomic E-state index is 5.54. The molecule has 2 aliphatic heterocycles. The number of rotatable bonds is 7. The molecule has 6 nitrogen and oxygen atoms in total. The van der Waals surface area contributed by atoms with Crippen LogP contribution in [0, 0.1) is 0 Å². The van der Waals surface area contributed by atoms with E-state index in [4.69, 9.17) is 22.2 Å². The second kappa shape index (κ2) is 11.3. The van der Waals surface area contributed by atoms with Crippen molar-refractivity contribution in [1.29, 1.82) is 0 Å². The molecule has 2 fully saturated rings. The molecular formula is C24H34N6S. The molecule has 0 atom stereocenters. The first-order valence-corrected chi connectivity index (χ1v) is 12.2. The molecule has 2 aromatic rings. The molecule has 2 aliphatic rings. The van der Waals surface area contributed by atoms with E-state index in [-0.39, 0.29) is 0 Å². The summed E-state index contributed by atoms with van der Waals surface area (Å²) in [7, 11) is 0. The molecule has 0 bridgehead atoms. The third-order valence-corrected chi connectivity index (χ3v) is 6.30. The Bertz CT molecular complexity index is 829. The van der Waals surface area contributed by atoms with E-state index in [2.05, 4.69) is 56.8 Å². The Balaban J connectivity index is 1.37. The summed E-state index contributed by atoms with van der Waals surface area (Å²) in [6, 6.07) is 12.7. The molecule has 4 rings (SSSR count). The zero-order valence-electron chi connectivity index (χ0n) is 18.4. The standard InChI is InChI=1S/C24H34N6S/c31-24(25-14-10-13-20-11-4-3-5-12-20)28-23-26-21(29-15-6-1-2-7-16-29)19-22(27-23)30-17-8-9-18-30/h3-5,11-12,19H,1-2,6-10,13-18H2,(H2,25,26,27,28,31). The van der Waals surface area contributed by atoms with Gasteiger partial charge in [0.1, 0.15) is 11.6 Å². The lowest BCUT2D eigenvalue weighted by atomic mass is 10.1. The molecule has 2 N–H and O–H groups in total. The molecule has 166 valence electrons. The number of aromatic nitrogens is 2. The Labute approximate surface area is 191 Å². The summed E-state index contributed by atoms with van der Waals surface area (Å²) < 4.78 is 0. The Morgan fingerprint density at radius 1 is 0.839 bits per heavy atom. The molecule has 0 radical (unpaired) electrons. The van der Waals surface area contributed by atoms with E-state index in [1.165, 1.54) is 44.1 Å². The smallest absolute Gasteiger partial charge is 0.232 e. The minimum Gasteiger partial charge on any atom is -0.362 e. The summed E-state index contributed by atoms with van der Waals surface area (Å²) >= 11 is 5.54. The van der Waals surface area contributed by atoms with Crippen LogP contribution in [0.3, 0.4) is 0 Å². The normalized spacial score (nSPS) is 16.8. The number of nitrogens with one attached hydrogen (secondary N) is 2. The Morgan fingerprint density at radius 3 is 2.03 bits per heavy atom. The monoisotopic (exact) mass is 438 g/mol. The van der Waals surface area contributed by atoms with Crippen LogP contribution in [-0.4, -0.2) is 47.8 Å². The molecule has 1 aromatic carbocycles. The van der Waals surface area contributed by atoms with Crippen LogP contribution in [0.15, 0.2) is 36.4 Å². The molecule has 2 saturated heterocycles. The van der Waals surface area contributed by atoms with E-state index >= 15 is 0 Å². The Morgan fingerprint density at radius 2 is 1.42 bits per heavy atom. The molecule has 0 unspecified atom stereocenters. The number of aryl methyl sites for hydroxylation is 1. The highest BCUT2D eigenvalue weighted by molar-refractivity contribution is 7.80. The lowest BCUT2D eigenvalue weighted by Crippen LogP contribution is -2.31. The fourth-order valence-electron chi connectivity index (χ4n) is 4.33. The van der Waals surface area contributed by atoms with E-state index in [1.54, 1.807) is 0 Å². The van der Waals surface area contributed by atoms with Gasteiger partial charge in [0.2, 0.25) is 5.95 Å². The fourth-order valence-corrected chi connectivity index (χ4v) is 4.53. The molecule has 0 spiro atoms. The van der Waals surface area contributed by atoms with Crippen LogP contribution in [-0.2, 0) is 6.42 Å². The van der Waals surface area contributed by atoms with Crippen molar-refractivity contribution in [2.75, 3.05) is 47.8 Å². The van der Waals surface area contributed by atoms with Gasteiger partial charge in [0.15, 0.2) is 5.11 Å². The van der Waals surface area contributed by atoms with Gasteiger partial charge < -0.3 is 20.4 Å². The van der Waals surface area contributed by atoms with Crippen molar-refractivity contribution in [2.24, 2.45) is 0 Å². The van der Waals surface area contributed by atoms with E-state index in [0.717, 1.165) is 57.2 Å². The Hall–Kier alpha value is -2.41. The van der Waals surface area contributed by atoms with E-state index < -0.39 is 0 Å². The number of hydrogen-bond donors (Lipinski definition) is 2. The van der Waals surface area contributed by atoms with Gasteiger partial charge in [0.05, 0.1) is 0 Å². The quantitative estimate of drug-likeness (QED) is 0.491. The molecule has 0 aliphatic carbocycles. The predicted octanol–water partition coefficient (Wildman–Crippen LogP) is 4.38. The van der Waals surface area contributed by atoms with Crippen molar-refractivity contribution in [3.8, 4) is 0 Å².